The zero-order valence-corrected chi connectivity index (χ0v) is 19.2. The fraction of sp³-hybridized carbons (Fsp3) is 0.222. The van der Waals surface area contributed by atoms with Crippen molar-refractivity contribution in [2.45, 2.75) is 26.4 Å². The van der Waals surface area contributed by atoms with Crippen LogP contribution in [0.15, 0.2) is 76.4 Å². The average molecular weight is 472 g/mol. The predicted molar refractivity (Wildman–Crippen MR) is 129 cm³/mol. The Morgan fingerprint density at radius 2 is 1.89 bits per heavy atom. The van der Waals surface area contributed by atoms with Crippen molar-refractivity contribution in [3.05, 3.63) is 94.1 Å². The zero-order chi connectivity index (χ0) is 24.2. The third kappa shape index (κ3) is 4.88. The van der Waals surface area contributed by atoms with Crippen LogP contribution in [0.2, 0.25) is 0 Å². The number of hydrogen-bond donors (Lipinski definition) is 0. The Morgan fingerprint density at radius 3 is 2.66 bits per heavy atom. The Bertz CT molecular complexity index is 1400. The summed E-state index contributed by atoms with van der Waals surface area (Å²) >= 11 is 0. The fourth-order valence-electron chi connectivity index (χ4n) is 3.92. The minimum atomic E-state index is -0.395. The molecule has 0 atom stereocenters. The molecular weight excluding hydrogens is 448 g/mol. The van der Waals surface area contributed by atoms with E-state index < -0.39 is 5.97 Å². The molecule has 2 aromatic heterocycles. The highest BCUT2D eigenvalue weighted by Gasteiger charge is 2.23. The Hall–Kier alpha value is -4.17. The fourth-order valence-corrected chi connectivity index (χ4v) is 3.92. The van der Waals surface area contributed by atoms with Crippen LogP contribution in [0.3, 0.4) is 0 Å². The summed E-state index contributed by atoms with van der Waals surface area (Å²) in [6, 6.07) is 13.8. The van der Waals surface area contributed by atoms with Crippen LogP contribution in [0.5, 0.6) is 17.2 Å². The summed E-state index contributed by atoms with van der Waals surface area (Å²) in [6.45, 7) is 4.00. The lowest BCUT2D eigenvalue weighted by molar-refractivity contribution is 0.0505. The zero-order valence-electron chi connectivity index (χ0n) is 19.2. The molecule has 8 heteroatoms. The molecule has 178 valence electrons. The van der Waals surface area contributed by atoms with Gasteiger partial charge in [-0.05, 0) is 60.5 Å². The molecule has 35 heavy (non-hydrogen) atoms. The van der Waals surface area contributed by atoms with Crippen LogP contribution in [-0.2, 0) is 17.8 Å². The summed E-state index contributed by atoms with van der Waals surface area (Å²) in [7, 11) is 0. The van der Waals surface area contributed by atoms with Crippen molar-refractivity contribution in [1.29, 1.82) is 0 Å². The summed E-state index contributed by atoms with van der Waals surface area (Å²) < 4.78 is 22.7. The lowest BCUT2D eigenvalue weighted by Gasteiger charge is -2.29. The number of pyridine rings is 1. The second-order valence-corrected chi connectivity index (χ2v) is 8.23. The second kappa shape index (κ2) is 9.99. The average Bonchev–Trinajstić information content (AvgIpc) is 2.89. The van der Waals surface area contributed by atoms with E-state index >= 15 is 0 Å². The number of rotatable bonds is 7. The van der Waals surface area contributed by atoms with Crippen LogP contribution >= 0.6 is 0 Å². The monoisotopic (exact) mass is 472 g/mol. The molecule has 0 N–H and O–H groups in total. The smallest absolute Gasteiger partial charge is 0.338 e. The number of carbonyl (C=O) groups is 1. The maximum absolute atomic E-state index is 13.2. The molecule has 5 rings (SSSR count). The van der Waals surface area contributed by atoms with Gasteiger partial charge in [0, 0.05) is 25.5 Å². The van der Waals surface area contributed by atoms with Crippen molar-refractivity contribution >= 4 is 16.9 Å². The molecule has 0 fully saturated rings. The molecule has 1 aliphatic heterocycles. The van der Waals surface area contributed by atoms with E-state index in [1.165, 1.54) is 6.26 Å². The predicted octanol–water partition coefficient (Wildman–Crippen LogP) is 4.90. The first kappa shape index (κ1) is 22.6. The SMILES string of the molecule is CCCOC(=O)c1ccc(Oc2coc3c4c(ccc3c2=O)OCN(Cc2ccncc2)C4)cc1. The van der Waals surface area contributed by atoms with Crippen LogP contribution in [0.25, 0.3) is 11.0 Å². The molecule has 0 radical (unpaired) electrons. The van der Waals surface area contributed by atoms with Crippen molar-refractivity contribution in [2.24, 2.45) is 0 Å². The summed E-state index contributed by atoms with van der Waals surface area (Å²) in [4.78, 5) is 31.3. The Balaban J connectivity index is 1.36. The number of hydrogen-bond acceptors (Lipinski definition) is 8. The molecule has 1 aliphatic rings. The van der Waals surface area contributed by atoms with Gasteiger partial charge >= 0.3 is 5.97 Å². The third-order valence-corrected chi connectivity index (χ3v) is 5.66. The summed E-state index contributed by atoms with van der Waals surface area (Å²) in [5.74, 6) is 0.775. The number of esters is 1. The van der Waals surface area contributed by atoms with Crippen molar-refractivity contribution in [1.82, 2.24) is 9.88 Å². The molecule has 4 aromatic rings. The third-order valence-electron chi connectivity index (χ3n) is 5.66. The quantitative estimate of drug-likeness (QED) is 0.351. The molecule has 0 saturated carbocycles. The van der Waals surface area contributed by atoms with E-state index in [1.54, 1.807) is 48.8 Å². The van der Waals surface area contributed by atoms with Crippen molar-refractivity contribution in [3.8, 4) is 17.2 Å². The lowest BCUT2D eigenvalue weighted by Crippen LogP contribution is -2.31. The van der Waals surface area contributed by atoms with E-state index in [4.69, 9.17) is 18.6 Å². The van der Waals surface area contributed by atoms with Crippen LogP contribution in [0.4, 0.5) is 0 Å². The number of aromatic nitrogens is 1. The largest absolute Gasteiger partial charge is 0.478 e. The Labute approximate surface area is 201 Å². The highest BCUT2D eigenvalue weighted by Crippen LogP contribution is 2.33. The minimum absolute atomic E-state index is 0.0594. The van der Waals surface area contributed by atoms with Gasteiger partial charge in [-0.15, -0.1) is 0 Å². The van der Waals surface area contributed by atoms with E-state index in [-0.39, 0.29) is 11.2 Å². The molecule has 0 saturated heterocycles. The first-order chi connectivity index (χ1) is 17.1. The lowest BCUT2D eigenvalue weighted by atomic mass is 10.1. The molecular formula is C27H24N2O6. The maximum Gasteiger partial charge on any atom is 0.338 e. The van der Waals surface area contributed by atoms with E-state index in [0.717, 1.165) is 17.5 Å². The van der Waals surface area contributed by atoms with Gasteiger partial charge in [-0.1, -0.05) is 6.92 Å². The molecule has 0 aliphatic carbocycles. The number of fused-ring (bicyclic) bond motifs is 3. The van der Waals surface area contributed by atoms with Gasteiger partial charge < -0.3 is 18.6 Å². The van der Waals surface area contributed by atoms with Crippen molar-refractivity contribution in [3.63, 3.8) is 0 Å². The van der Waals surface area contributed by atoms with E-state index in [1.807, 2.05) is 19.1 Å². The molecule has 0 spiro atoms. The summed E-state index contributed by atoms with van der Waals surface area (Å²) in [5.41, 5.74) is 2.55. The molecule has 3 heterocycles. The van der Waals surface area contributed by atoms with Crippen molar-refractivity contribution < 1.29 is 23.4 Å². The van der Waals surface area contributed by atoms with Gasteiger partial charge in [0.2, 0.25) is 11.2 Å². The number of carbonyl (C=O) groups excluding carboxylic acids is 1. The number of nitrogens with zero attached hydrogens (tertiary/aromatic N) is 2. The molecule has 0 bridgehead atoms. The van der Waals surface area contributed by atoms with Crippen LogP contribution in [0, 0.1) is 0 Å². The standard InChI is InChI=1S/C27H24N2O6/c1-2-13-32-27(31)19-3-5-20(6-4-19)35-24-16-33-26-21(25(24)30)7-8-23-22(26)15-29(17-34-23)14-18-9-11-28-12-10-18/h3-12,16H,2,13-15,17H2,1H3. The van der Waals surface area contributed by atoms with E-state index in [9.17, 15) is 9.59 Å². The Kier molecular flexibility index (Phi) is 6.45. The maximum atomic E-state index is 13.2. The second-order valence-electron chi connectivity index (χ2n) is 8.23. The highest BCUT2D eigenvalue weighted by atomic mass is 16.5. The van der Waals surface area contributed by atoms with E-state index in [2.05, 4.69) is 9.88 Å². The first-order valence-corrected chi connectivity index (χ1v) is 11.4. The highest BCUT2D eigenvalue weighted by molar-refractivity contribution is 5.89. The number of ether oxygens (including phenoxy) is 3. The number of benzene rings is 2. The first-order valence-electron chi connectivity index (χ1n) is 11.4. The van der Waals surface area contributed by atoms with Crippen LogP contribution < -0.4 is 14.9 Å². The normalized spacial score (nSPS) is 13.2. The summed E-state index contributed by atoms with van der Waals surface area (Å²) in [6.07, 6.45) is 5.59. The van der Waals surface area contributed by atoms with Gasteiger partial charge in [0.25, 0.3) is 0 Å². The van der Waals surface area contributed by atoms with Crippen LogP contribution in [0.1, 0.15) is 34.8 Å². The molecule has 8 nitrogen and oxygen atoms in total. The molecule has 0 unspecified atom stereocenters. The Morgan fingerprint density at radius 1 is 1.09 bits per heavy atom. The van der Waals surface area contributed by atoms with Gasteiger partial charge in [0.05, 0.1) is 23.1 Å². The topological polar surface area (TPSA) is 91.1 Å². The van der Waals surface area contributed by atoms with Gasteiger partial charge in [0.15, 0.2) is 0 Å². The minimum Gasteiger partial charge on any atom is -0.478 e. The van der Waals surface area contributed by atoms with Gasteiger partial charge in [-0.2, -0.15) is 0 Å². The van der Waals surface area contributed by atoms with Gasteiger partial charge in [0.1, 0.15) is 30.1 Å². The van der Waals surface area contributed by atoms with E-state index in [0.29, 0.717) is 54.5 Å². The van der Waals surface area contributed by atoms with Gasteiger partial charge in [-0.25, -0.2) is 4.79 Å². The summed E-state index contributed by atoms with van der Waals surface area (Å²) in [5, 5.41) is 0.412. The van der Waals surface area contributed by atoms with Gasteiger partial charge in [-0.3, -0.25) is 14.7 Å². The molecule has 2 aromatic carbocycles. The molecule has 0 amide bonds. The van der Waals surface area contributed by atoms with Crippen LogP contribution in [-0.4, -0.2) is 29.2 Å². The van der Waals surface area contributed by atoms with Crippen molar-refractivity contribution in [2.75, 3.05) is 13.3 Å².